The van der Waals surface area contributed by atoms with Crippen molar-refractivity contribution in [3.63, 3.8) is 0 Å². The first-order valence-electron chi connectivity index (χ1n) is 23.0. The number of esters is 1. The van der Waals surface area contributed by atoms with Crippen LogP contribution < -0.4 is 20.4 Å². The number of aromatic nitrogens is 1. The zero-order chi connectivity index (χ0) is 49.5. The number of phenols is 2. The number of nitrogens with zero attached hydrogens (tertiary/aromatic N) is 2. The summed E-state index contributed by atoms with van der Waals surface area (Å²) < 4.78 is 31.1. The number of alkyl halides is 1. The van der Waals surface area contributed by atoms with E-state index in [-0.39, 0.29) is 67.2 Å². The number of carbonyl (C=O) groups is 3. The number of aliphatic hydroxyl groups is 2. The number of aromatic hydroxyl groups is 2. The van der Waals surface area contributed by atoms with E-state index in [1.54, 1.807) is 45.1 Å². The van der Waals surface area contributed by atoms with E-state index in [0.29, 0.717) is 22.5 Å². The third-order valence-electron chi connectivity index (χ3n) is 13.7. The number of phenolic OH excluding ortho intramolecular Hbond substituents is 2. The molecule has 0 saturated carbocycles. The maximum atomic E-state index is 14.9. The minimum Gasteiger partial charge on any atom is -0.507 e. The average Bonchev–Trinajstić information content (AvgIpc) is 3.57. The average molecular weight is 1070 g/mol. The topological polar surface area (TPSA) is 227 Å². The van der Waals surface area contributed by atoms with Crippen molar-refractivity contribution in [3.05, 3.63) is 69.6 Å². The fourth-order valence-electron chi connectivity index (χ4n) is 9.68. The molecule has 68 heavy (non-hydrogen) atoms. The highest BCUT2D eigenvalue weighted by molar-refractivity contribution is 14.1. The summed E-state index contributed by atoms with van der Waals surface area (Å²) in [5.41, 5.74) is -0.583. The Morgan fingerprint density at radius 2 is 1.75 bits per heavy atom. The smallest absolute Gasteiger partial charge is 0.312 e. The van der Waals surface area contributed by atoms with Crippen LogP contribution in [0.5, 0.6) is 17.2 Å². The van der Waals surface area contributed by atoms with Crippen molar-refractivity contribution >= 4 is 82.7 Å². The quantitative estimate of drug-likeness (QED) is 0.0311. The number of allylic oxidation sites excluding steroid dienone is 2. The maximum absolute atomic E-state index is 14.9. The summed E-state index contributed by atoms with van der Waals surface area (Å²) >= 11 is 2.43. The van der Waals surface area contributed by atoms with Crippen molar-refractivity contribution in [2.75, 3.05) is 36.6 Å². The Kier molecular flexibility index (Phi) is 15.5. The van der Waals surface area contributed by atoms with Crippen molar-refractivity contribution < 1.29 is 58.2 Å². The third-order valence-corrected chi connectivity index (χ3v) is 15.4. The zero-order valence-electron chi connectivity index (χ0n) is 39.5. The number of ketones is 1. The molecule has 1 fully saturated rings. The number of carbonyl (C=O) groups excluding carboxylic acids is 3. The van der Waals surface area contributed by atoms with Gasteiger partial charge >= 0.3 is 11.8 Å². The number of piperidine rings is 1. The molecule has 0 spiro atoms. The number of ether oxygens (including phenoxy) is 4. The largest absolute Gasteiger partial charge is 0.507 e. The van der Waals surface area contributed by atoms with Crippen molar-refractivity contribution in [2.24, 2.45) is 23.7 Å². The Morgan fingerprint density at radius 1 is 1.04 bits per heavy atom. The fourth-order valence-corrected chi connectivity index (χ4v) is 10.5. The highest BCUT2D eigenvalue weighted by Gasteiger charge is 2.50. The molecule has 1 saturated heterocycles. The Balaban J connectivity index is 1.44. The van der Waals surface area contributed by atoms with Crippen LogP contribution >= 0.6 is 31.8 Å². The summed E-state index contributed by atoms with van der Waals surface area (Å²) in [4.78, 5) is 63.4. The molecule has 0 aromatic heterocycles. The van der Waals surface area contributed by atoms with Gasteiger partial charge in [0.05, 0.1) is 35.5 Å². The highest BCUT2D eigenvalue weighted by atomic mass is 127. The van der Waals surface area contributed by atoms with E-state index in [9.17, 15) is 39.6 Å². The summed E-state index contributed by atoms with van der Waals surface area (Å²) in [7, 11) is 4.11. The number of halogens is 1. The van der Waals surface area contributed by atoms with E-state index >= 15 is 0 Å². The van der Waals surface area contributed by atoms with Gasteiger partial charge in [-0.25, -0.2) is 4.98 Å². The molecule has 366 valence electrons. The Bertz CT molecular complexity index is 2730. The molecule has 4 heterocycles. The molecule has 7 rings (SSSR count). The lowest BCUT2D eigenvalue weighted by atomic mass is 9.76. The lowest BCUT2D eigenvalue weighted by Crippen LogP contribution is -2.47. The van der Waals surface area contributed by atoms with Crippen molar-refractivity contribution in [3.8, 4) is 28.7 Å². The summed E-state index contributed by atoms with van der Waals surface area (Å²) in [6.45, 7) is 12.4. The maximum Gasteiger partial charge on any atom is 0.312 e. The van der Waals surface area contributed by atoms with Gasteiger partial charge in [0.1, 0.15) is 40.3 Å². The molecule has 1 unspecified atom stereocenters. The lowest BCUT2D eigenvalue weighted by Gasteiger charge is -2.39. The van der Waals surface area contributed by atoms with Crippen LogP contribution in [0.3, 0.4) is 0 Å². The van der Waals surface area contributed by atoms with E-state index in [1.807, 2.05) is 0 Å². The molecule has 4 bridgehead atoms. The number of hydrogen-bond donors (Lipinski definition) is 5. The monoisotopic (exact) mass is 1070 g/mol. The predicted molar refractivity (Wildman–Crippen MR) is 270 cm³/mol. The molecule has 2 aromatic carbocycles. The number of methoxy groups -OCH3 is 1. The molecule has 5 aliphatic rings. The number of rotatable bonds is 6. The minimum atomic E-state index is -2.08. The molecule has 2 aromatic rings. The molecule has 18 heteroatoms. The predicted octanol–water partition coefficient (Wildman–Crippen LogP) is 7.69. The number of aliphatic hydroxyl groups excluding tert-OH is 2. The van der Waals surface area contributed by atoms with E-state index < -0.39 is 82.7 Å². The van der Waals surface area contributed by atoms with Gasteiger partial charge in [0, 0.05) is 96.0 Å². The number of hydrogen-bond acceptors (Lipinski definition) is 15. The standard InChI is InChI=1S/C50H61IN3O13P/c1-23-11-9-12-24(2)49(62)53-40-44(60)36-35(39-47(40)66-34-22-30(21-32(56)38(34)52-39)54-17-14-29(51)15-18-54)37-46(27(5)43(36)59)67-50(7,48(37)61)64-19-16-33(63-8)25(3)45(65-28(6)55)26(4)42(58)31(41(23)57)13-10-20-68/h9,11-12,16,19,21-23,25-26,29,31,33,41-42,45,56-59H,10,13-15,17-18,20,68H2,1-8H3,(H,53,62)/b11-9+,19-16+,24-12-/t23-,25+,26+,31+,33-,41-,42-,45+,50-/m0/s1. The Morgan fingerprint density at radius 3 is 2.41 bits per heavy atom. The second kappa shape index (κ2) is 20.6. The van der Waals surface area contributed by atoms with E-state index in [1.165, 1.54) is 53.2 Å². The first-order chi connectivity index (χ1) is 32.2. The summed E-state index contributed by atoms with van der Waals surface area (Å²) in [6.07, 6.45) is 7.32. The van der Waals surface area contributed by atoms with Crippen molar-refractivity contribution in [1.29, 1.82) is 0 Å². The normalized spacial score (nSPS) is 29.4. The number of benzene rings is 3. The lowest BCUT2D eigenvalue weighted by molar-refractivity contribution is -0.161. The van der Waals surface area contributed by atoms with Gasteiger partial charge < -0.3 is 54.0 Å². The Hall–Kier alpha value is -4.81. The molecule has 5 N–H and O–H groups in total. The van der Waals surface area contributed by atoms with Gasteiger partial charge in [0.2, 0.25) is 5.43 Å². The van der Waals surface area contributed by atoms with Crippen LogP contribution in [-0.2, 0) is 23.8 Å². The third kappa shape index (κ3) is 9.70. The van der Waals surface area contributed by atoms with Crippen LogP contribution in [0.25, 0.3) is 33.3 Å². The molecule has 10 atom stereocenters. The molecular weight excluding hydrogens is 1010 g/mol. The van der Waals surface area contributed by atoms with Gasteiger partial charge in [-0.3, -0.25) is 19.2 Å². The van der Waals surface area contributed by atoms with Crippen LogP contribution in [-0.4, -0.2) is 104 Å². The summed E-state index contributed by atoms with van der Waals surface area (Å²) in [5, 5.41) is 49.4. The minimum absolute atomic E-state index is 0.000463. The van der Waals surface area contributed by atoms with Gasteiger partial charge in [-0.15, -0.1) is 9.24 Å². The number of fused-ring (bicyclic) bond motifs is 2. The molecular formula is C50H61IN3O13P. The first kappa shape index (κ1) is 51.1. The van der Waals surface area contributed by atoms with Gasteiger partial charge in [0.15, 0.2) is 11.3 Å². The SMILES string of the molecule is CO[C@H]1/C=C/O[C@@]2(C)Oc3c(C)c(O)c4c(=O)c(c5oc6cc(N7CCC(I)CC7)cc(O)c6nc-5c4c3C2=O)NC(=O)/C(C)=C\C=C\[C@H](C)[C@H](O)[C@@H](CCCP)[C@@H](O)[C@@H](C)[C@H](OC(C)=O)[C@@H]1C. The van der Waals surface area contributed by atoms with Crippen LogP contribution in [0.15, 0.2) is 57.5 Å². The van der Waals surface area contributed by atoms with Crippen LogP contribution in [0.1, 0.15) is 83.1 Å². The second-order valence-corrected chi connectivity index (χ2v) is 20.8. The van der Waals surface area contributed by atoms with Gasteiger partial charge in [-0.05, 0) is 51.8 Å². The zero-order valence-corrected chi connectivity index (χ0v) is 42.8. The van der Waals surface area contributed by atoms with Gasteiger partial charge in [-0.1, -0.05) is 61.6 Å². The summed E-state index contributed by atoms with van der Waals surface area (Å²) in [5.74, 6) is -7.71. The number of anilines is 2. The fraction of sp³-hybridized carbons (Fsp3) is 0.500. The number of nitrogens with one attached hydrogen (secondary N) is 1. The summed E-state index contributed by atoms with van der Waals surface area (Å²) in [6, 6.07) is 3.28. The first-order valence-corrected chi connectivity index (χ1v) is 25.0. The molecule has 1 aliphatic carbocycles. The van der Waals surface area contributed by atoms with Gasteiger partial charge in [0.25, 0.3) is 11.7 Å². The Labute approximate surface area is 410 Å². The van der Waals surface area contributed by atoms with E-state index in [2.05, 4.69) is 42.0 Å². The number of amides is 1. The van der Waals surface area contributed by atoms with Crippen LogP contribution in [0.2, 0.25) is 0 Å². The van der Waals surface area contributed by atoms with Crippen LogP contribution in [0, 0.1) is 30.6 Å². The second-order valence-electron chi connectivity index (χ2n) is 18.4. The highest BCUT2D eigenvalue weighted by Crippen LogP contribution is 2.51. The van der Waals surface area contributed by atoms with Crippen molar-refractivity contribution in [1.82, 2.24) is 4.98 Å². The molecule has 1 amide bonds. The molecule has 4 aliphatic heterocycles. The molecule has 16 nitrogen and oxygen atoms in total. The van der Waals surface area contributed by atoms with E-state index in [4.69, 9.17) is 28.3 Å². The van der Waals surface area contributed by atoms with Gasteiger partial charge in [-0.2, -0.15) is 0 Å². The number of Topliss-reactive ketones (excluding diaryl/α,β-unsaturated/α-hetero) is 1. The van der Waals surface area contributed by atoms with E-state index in [0.717, 1.165) is 32.1 Å². The molecule has 0 radical (unpaired) electrons. The van der Waals surface area contributed by atoms with Crippen molar-refractivity contribution in [2.45, 2.75) is 108 Å². The van der Waals surface area contributed by atoms with Crippen LogP contribution in [0.4, 0.5) is 11.4 Å².